The number of methoxy groups -OCH3 is 1. The van der Waals surface area contributed by atoms with Gasteiger partial charge in [0, 0.05) is 40.4 Å². The second-order valence-corrected chi connectivity index (χ2v) is 11.0. The maximum atomic E-state index is 12.9. The monoisotopic (exact) mass is 563 g/mol. The summed E-state index contributed by atoms with van der Waals surface area (Å²) in [6, 6.07) is 15.7. The van der Waals surface area contributed by atoms with Crippen LogP contribution in [0.15, 0.2) is 59.8 Å². The second kappa shape index (κ2) is 11.8. The van der Waals surface area contributed by atoms with E-state index in [0.29, 0.717) is 32.9 Å². The van der Waals surface area contributed by atoms with Gasteiger partial charge < -0.3 is 10.1 Å². The number of amides is 1. The topological polar surface area (TPSA) is 129 Å². The fourth-order valence-electron chi connectivity index (χ4n) is 4.51. The number of aryl methyl sites for hydroxylation is 1. The largest absolute Gasteiger partial charge is 0.465 e. The molecule has 0 saturated carbocycles. The minimum Gasteiger partial charge on any atom is -0.465 e. The first-order valence-electron chi connectivity index (χ1n) is 12.4. The molecule has 2 heterocycles. The summed E-state index contributed by atoms with van der Waals surface area (Å²) in [5.74, 6) is 0.230. The average Bonchev–Trinajstić information content (AvgIpc) is 3.54. The lowest BCUT2D eigenvalue weighted by molar-refractivity contribution is -0.384. The fourth-order valence-corrected chi connectivity index (χ4v) is 6.70. The molecule has 0 unspecified atom stereocenters. The maximum absolute atomic E-state index is 12.9. The van der Waals surface area contributed by atoms with Crippen molar-refractivity contribution in [1.29, 1.82) is 0 Å². The summed E-state index contributed by atoms with van der Waals surface area (Å²) in [6.45, 7) is 0. The summed E-state index contributed by atoms with van der Waals surface area (Å²) < 4.78 is 6.82. The zero-order valence-corrected chi connectivity index (χ0v) is 22.7. The van der Waals surface area contributed by atoms with E-state index >= 15 is 0 Å². The third-order valence-electron chi connectivity index (χ3n) is 6.34. The Kier molecular flexibility index (Phi) is 8.03. The third-order valence-corrected chi connectivity index (χ3v) is 8.47. The van der Waals surface area contributed by atoms with Gasteiger partial charge in [-0.15, -0.1) is 21.5 Å². The summed E-state index contributed by atoms with van der Waals surface area (Å²) in [4.78, 5) is 37.4. The number of aromatic nitrogens is 3. The molecule has 0 saturated heterocycles. The molecule has 1 aliphatic carbocycles. The first-order valence-corrected chi connectivity index (χ1v) is 14.2. The molecule has 4 aromatic rings. The molecule has 1 aliphatic rings. The van der Waals surface area contributed by atoms with Gasteiger partial charge in [0.25, 0.3) is 5.69 Å². The van der Waals surface area contributed by atoms with Crippen LogP contribution in [0.25, 0.3) is 17.1 Å². The number of carbonyl (C=O) groups is 2. The lowest BCUT2D eigenvalue weighted by Gasteiger charge is -2.12. The van der Waals surface area contributed by atoms with Crippen molar-refractivity contribution in [3.8, 4) is 17.1 Å². The number of thiophene rings is 1. The van der Waals surface area contributed by atoms with Gasteiger partial charge in [-0.25, -0.2) is 4.79 Å². The maximum Gasteiger partial charge on any atom is 0.341 e. The van der Waals surface area contributed by atoms with Crippen molar-refractivity contribution in [3.05, 3.63) is 80.7 Å². The second-order valence-electron chi connectivity index (χ2n) is 8.84. The van der Waals surface area contributed by atoms with Crippen molar-refractivity contribution in [3.63, 3.8) is 0 Å². The molecule has 39 heavy (non-hydrogen) atoms. The minimum atomic E-state index is -0.448. The van der Waals surface area contributed by atoms with Crippen LogP contribution >= 0.6 is 23.1 Å². The smallest absolute Gasteiger partial charge is 0.341 e. The van der Waals surface area contributed by atoms with Crippen LogP contribution in [0.2, 0.25) is 0 Å². The highest BCUT2D eigenvalue weighted by Gasteiger charge is 2.27. The number of nitrogens with zero attached hydrogens (tertiary/aromatic N) is 4. The van der Waals surface area contributed by atoms with Crippen LogP contribution in [0.3, 0.4) is 0 Å². The van der Waals surface area contributed by atoms with Crippen LogP contribution in [-0.4, -0.2) is 44.4 Å². The molecule has 1 amide bonds. The number of nitro benzene ring substituents is 1. The lowest BCUT2D eigenvalue weighted by atomic mass is 9.95. The Hall–Kier alpha value is -4.03. The van der Waals surface area contributed by atoms with E-state index in [1.165, 1.54) is 42.3 Å². The first kappa shape index (κ1) is 26.6. The minimum absolute atomic E-state index is 0.0393. The standard InChI is InChI=1S/C27H25N5O5S2/c1-37-26(34)23-20-12-5-6-13-21(20)39-25(23)28-22(33)14-15-38-27-30-29-24(31(27)18-9-3-2-4-10-18)17-8-7-11-19(16-17)32(35)36/h2-4,7-11,16H,5-6,12-15H2,1H3,(H,28,33). The quantitative estimate of drug-likeness (QED) is 0.119. The van der Waals surface area contributed by atoms with Gasteiger partial charge in [0.05, 0.1) is 17.6 Å². The molecule has 0 radical (unpaired) electrons. The molecule has 0 spiro atoms. The molecule has 0 fully saturated rings. The van der Waals surface area contributed by atoms with Crippen molar-refractivity contribution in [1.82, 2.24) is 14.8 Å². The van der Waals surface area contributed by atoms with Crippen molar-refractivity contribution in [2.45, 2.75) is 37.3 Å². The number of nitro groups is 1. The van der Waals surface area contributed by atoms with E-state index in [-0.39, 0.29) is 18.0 Å². The number of carbonyl (C=O) groups excluding carboxylic acids is 2. The van der Waals surface area contributed by atoms with Crippen molar-refractivity contribution >= 4 is 45.7 Å². The van der Waals surface area contributed by atoms with Crippen LogP contribution in [-0.2, 0) is 22.4 Å². The zero-order chi connectivity index (χ0) is 27.4. The normalized spacial score (nSPS) is 12.5. The molecular formula is C27H25N5O5S2. The number of hydrogen-bond acceptors (Lipinski definition) is 9. The van der Waals surface area contributed by atoms with Crippen LogP contribution in [0, 0.1) is 10.1 Å². The van der Waals surface area contributed by atoms with E-state index in [2.05, 4.69) is 15.5 Å². The van der Waals surface area contributed by atoms with E-state index in [0.717, 1.165) is 41.8 Å². The van der Waals surface area contributed by atoms with E-state index in [9.17, 15) is 19.7 Å². The predicted octanol–water partition coefficient (Wildman–Crippen LogP) is 5.69. The summed E-state index contributed by atoms with van der Waals surface area (Å²) in [5.41, 5.74) is 2.78. The molecule has 10 nitrogen and oxygen atoms in total. The van der Waals surface area contributed by atoms with E-state index in [4.69, 9.17) is 4.74 Å². The molecule has 5 rings (SSSR count). The average molecular weight is 564 g/mol. The molecular weight excluding hydrogens is 538 g/mol. The Bertz CT molecular complexity index is 1530. The van der Waals surface area contributed by atoms with Gasteiger partial charge in [-0.2, -0.15) is 0 Å². The number of non-ortho nitro benzene ring substituents is 1. The van der Waals surface area contributed by atoms with Gasteiger partial charge in [-0.05, 0) is 43.4 Å². The Balaban J connectivity index is 1.34. The van der Waals surface area contributed by atoms with Crippen LogP contribution < -0.4 is 5.32 Å². The van der Waals surface area contributed by atoms with Gasteiger partial charge in [0.2, 0.25) is 5.91 Å². The summed E-state index contributed by atoms with van der Waals surface area (Å²) in [6.07, 6.45) is 3.97. The number of para-hydroxylation sites is 1. The Morgan fingerprint density at radius 2 is 1.92 bits per heavy atom. The summed E-state index contributed by atoms with van der Waals surface area (Å²) in [5, 5.41) is 24.0. The summed E-state index contributed by atoms with van der Waals surface area (Å²) >= 11 is 2.81. The van der Waals surface area contributed by atoms with E-state index in [1.54, 1.807) is 12.1 Å². The molecule has 2 aromatic heterocycles. The van der Waals surface area contributed by atoms with Crippen LogP contribution in [0.5, 0.6) is 0 Å². The number of hydrogen-bond donors (Lipinski definition) is 1. The number of fused-ring (bicyclic) bond motifs is 1. The van der Waals surface area contributed by atoms with Crippen LogP contribution in [0.1, 0.15) is 40.1 Å². The van der Waals surface area contributed by atoms with Crippen molar-refractivity contribution in [2.24, 2.45) is 0 Å². The highest BCUT2D eigenvalue weighted by atomic mass is 32.2. The van der Waals surface area contributed by atoms with Gasteiger partial charge in [0.1, 0.15) is 5.00 Å². The number of esters is 1. The summed E-state index contributed by atoms with van der Waals surface area (Å²) in [7, 11) is 1.35. The first-order chi connectivity index (χ1) is 19.0. The Labute approximate surface area is 232 Å². The number of nitrogens with one attached hydrogen (secondary N) is 1. The van der Waals surface area contributed by atoms with Gasteiger partial charge in [-0.3, -0.25) is 19.5 Å². The van der Waals surface area contributed by atoms with Gasteiger partial charge in [-0.1, -0.05) is 42.1 Å². The number of benzene rings is 2. The van der Waals surface area contributed by atoms with Gasteiger partial charge in [0.15, 0.2) is 11.0 Å². The molecule has 0 aliphatic heterocycles. The predicted molar refractivity (Wildman–Crippen MR) is 150 cm³/mol. The fraction of sp³-hybridized carbons (Fsp3) is 0.259. The SMILES string of the molecule is COC(=O)c1c(NC(=O)CCSc2nnc(-c3cccc([N+](=O)[O-])c3)n2-c2ccccc2)sc2c1CCCC2. The lowest BCUT2D eigenvalue weighted by Crippen LogP contribution is -2.15. The molecule has 200 valence electrons. The third kappa shape index (κ3) is 5.71. The molecule has 12 heteroatoms. The van der Waals surface area contributed by atoms with Gasteiger partial charge >= 0.3 is 5.97 Å². The zero-order valence-electron chi connectivity index (χ0n) is 21.1. The number of rotatable bonds is 9. The van der Waals surface area contributed by atoms with Crippen molar-refractivity contribution in [2.75, 3.05) is 18.2 Å². The number of anilines is 1. The highest BCUT2D eigenvalue weighted by Crippen LogP contribution is 2.38. The number of ether oxygens (including phenoxy) is 1. The Morgan fingerprint density at radius 3 is 2.69 bits per heavy atom. The number of thioether (sulfide) groups is 1. The van der Waals surface area contributed by atoms with E-state index < -0.39 is 10.9 Å². The van der Waals surface area contributed by atoms with E-state index in [1.807, 2.05) is 34.9 Å². The molecule has 1 N–H and O–H groups in total. The Morgan fingerprint density at radius 1 is 1.13 bits per heavy atom. The molecule has 0 atom stereocenters. The van der Waals surface area contributed by atoms with Crippen LogP contribution in [0.4, 0.5) is 10.7 Å². The van der Waals surface area contributed by atoms with Crippen molar-refractivity contribution < 1.29 is 19.2 Å². The highest BCUT2D eigenvalue weighted by molar-refractivity contribution is 7.99. The molecule has 0 bridgehead atoms. The molecule has 2 aromatic carbocycles.